The molecule has 0 unspecified atom stereocenters. The van der Waals surface area contributed by atoms with Gasteiger partial charge in [0.15, 0.2) is 0 Å². The fourth-order valence-electron chi connectivity index (χ4n) is 1.66. The fourth-order valence-corrected chi connectivity index (χ4v) is 3.25. The Morgan fingerprint density at radius 1 is 1.52 bits per heavy atom. The first kappa shape index (κ1) is 15.7. The Morgan fingerprint density at radius 2 is 2.38 bits per heavy atom. The van der Waals surface area contributed by atoms with Crippen LogP contribution < -0.4 is 5.32 Å². The topological polar surface area (TPSA) is 62.2 Å². The van der Waals surface area contributed by atoms with Crippen LogP contribution in [0.5, 0.6) is 0 Å². The zero-order valence-electron chi connectivity index (χ0n) is 11.7. The number of carbonyl (C=O) groups is 1. The largest absolute Gasteiger partial charge is 0.395 e. The molecular formula is C15H16N2O2S2. The first-order chi connectivity index (χ1) is 10.2. The number of rotatable bonds is 5. The van der Waals surface area contributed by atoms with Gasteiger partial charge in [-0.3, -0.25) is 4.79 Å². The molecule has 0 saturated heterocycles. The summed E-state index contributed by atoms with van der Waals surface area (Å²) in [6.07, 6.45) is 2.96. The van der Waals surface area contributed by atoms with Crippen LogP contribution in [0.4, 0.5) is 0 Å². The van der Waals surface area contributed by atoms with E-state index in [4.69, 9.17) is 5.11 Å². The number of nitrogens with one attached hydrogen (secondary N) is 1. The summed E-state index contributed by atoms with van der Waals surface area (Å²) in [5.74, 6) is 5.79. The highest BCUT2D eigenvalue weighted by molar-refractivity contribution is 7.14. The number of aryl methyl sites for hydroxylation is 1. The van der Waals surface area contributed by atoms with Crippen LogP contribution in [0.15, 0.2) is 17.6 Å². The Morgan fingerprint density at radius 3 is 3.10 bits per heavy atom. The van der Waals surface area contributed by atoms with E-state index in [0.29, 0.717) is 17.8 Å². The minimum atomic E-state index is -0.0742. The van der Waals surface area contributed by atoms with Crippen molar-refractivity contribution in [2.75, 3.05) is 13.2 Å². The van der Waals surface area contributed by atoms with Gasteiger partial charge in [0.25, 0.3) is 5.91 Å². The SMILES string of the molecule is Cc1cc(C(=O)NCCc2nccs2)sc1C#CCCO. The molecule has 0 atom stereocenters. The third-order valence-corrected chi connectivity index (χ3v) is 4.68. The molecule has 0 aliphatic carbocycles. The zero-order valence-corrected chi connectivity index (χ0v) is 13.3. The van der Waals surface area contributed by atoms with Crippen LogP contribution in [-0.2, 0) is 6.42 Å². The number of aromatic nitrogens is 1. The molecular weight excluding hydrogens is 304 g/mol. The van der Waals surface area contributed by atoms with E-state index >= 15 is 0 Å². The molecule has 0 bridgehead atoms. The molecule has 1 amide bonds. The van der Waals surface area contributed by atoms with Gasteiger partial charge in [0, 0.05) is 31.0 Å². The molecule has 0 fully saturated rings. The van der Waals surface area contributed by atoms with E-state index in [2.05, 4.69) is 22.1 Å². The summed E-state index contributed by atoms with van der Waals surface area (Å²) in [6.45, 7) is 2.57. The van der Waals surface area contributed by atoms with Gasteiger partial charge in [-0.05, 0) is 18.6 Å². The molecule has 2 rings (SSSR count). The lowest BCUT2D eigenvalue weighted by Crippen LogP contribution is -2.24. The van der Waals surface area contributed by atoms with Crippen LogP contribution in [0.1, 0.15) is 31.5 Å². The van der Waals surface area contributed by atoms with E-state index < -0.39 is 0 Å². The summed E-state index contributed by atoms with van der Waals surface area (Å²) in [5.41, 5.74) is 0.996. The van der Waals surface area contributed by atoms with Gasteiger partial charge >= 0.3 is 0 Å². The number of aliphatic hydroxyl groups is 1. The minimum absolute atomic E-state index is 0.0571. The van der Waals surface area contributed by atoms with Crippen LogP contribution in [0.2, 0.25) is 0 Å². The predicted octanol–water partition coefficient (Wildman–Crippen LogP) is 2.22. The summed E-state index contributed by atoms with van der Waals surface area (Å²) < 4.78 is 0. The number of hydrogen-bond acceptors (Lipinski definition) is 5. The van der Waals surface area contributed by atoms with Gasteiger partial charge in [0.1, 0.15) is 0 Å². The van der Waals surface area contributed by atoms with E-state index in [-0.39, 0.29) is 12.5 Å². The summed E-state index contributed by atoms with van der Waals surface area (Å²) >= 11 is 2.98. The lowest BCUT2D eigenvalue weighted by molar-refractivity contribution is 0.0958. The number of thiophene rings is 1. The summed E-state index contributed by atoms with van der Waals surface area (Å²) in [5, 5.41) is 14.6. The quantitative estimate of drug-likeness (QED) is 0.831. The molecule has 0 aromatic carbocycles. The lowest BCUT2D eigenvalue weighted by atomic mass is 10.2. The van der Waals surface area contributed by atoms with Gasteiger partial charge in [0.05, 0.1) is 21.4 Å². The van der Waals surface area contributed by atoms with Gasteiger partial charge in [-0.2, -0.15) is 0 Å². The Hall–Kier alpha value is -1.68. The standard InChI is InChI=1S/C15H16N2O2S2/c1-11-10-13(21-12(11)4-2-3-8-18)15(19)17-6-5-14-16-7-9-20-14/h7,9-10,18H,3,5-6,8H2,1H3,(H,17,19). The van der Waals surface area contributed by atoms with Crippen molar-refractivity contribution in [1.82, 2.24) is 10.3 Å². The molecule has 2 N–H and O–H groups in total. The van der Waals surface area contributed by atoms with E-state index in [1.54, 1.807) is 17.5 Å². The van der Waals surface area contributed by atoms with Gasteiger partial charge in [0.2, 0.25) is 0 Å². The monoisotopic (exact) mass is 320 g/mol. The molecule has 21 heavy (non-hydrogen) atoms. The molecule has 6 heteroatoms. The van der Waals surface area contributed by atoms with E-state index in [9.17, 15) is 4.79 Å². The van der Waals surface area contributed by atoms with Crippen molar-refractivity contribution in [3.8, 4) is 11.8 Å². The normalized spacial score (nSPS) is 10.0. The Bertz CT molecular complexity index is 651. The third-order valence-electron chi connectivity index (χ3n) is 2.69. The molecule has 2 heterocycles. The van der Waals surface area contributed by atoms with Crippen molar-refractivity contribution in [2.45, 2.75) is 19.8 Å². The first-order valence-corrected chi connectivity index (χ1v) is 8.27. The predicted molar refractivity (Wildman–Crippen MR) is 85.8 cm³/mol. The Kier molecular flexibility index (Phi) is 5.93. The fraction of sp³-hybridized carbons (Fsp3) is 0.333. The van der Waals surface area contributed by atoms with E-state index in [1.165, 1.54) is 11.3 Å². The molecule has 4 nitrogen and oxygen atoms in total. The zero-order chi connectivity index (χ0) is 15.1. The summed E-state index contributed by atoms with van der Waals surface area (Å²) in [4.78, 5) is 17.8. The molecule has 2 aromatic heterocycles. The molecule has 0 radical (unpaired) electrons. The summed E-state index contributed by atoms with van der Waals surface area (Å²) in [6, 6.07) is 1.85. The highest BCUT2D eigenvalue weighted by atomic mass is 32.1. The number of aliphatic hydroxyl groups excluding tert-OH is 1. The molecule has 110 valence electrons. The maximum atomic E-state index is 12.1. The third kappa shape index (κ3) is 4.67. The molecule has 2 aromatic rings. The Labute approximate surface area is 131 Å². The first-order valence-electron chi connectivity index (χ1n) is 6.57. The average Bonchev–Trinajstić information content (AvgIpc) is 3.09. The van der Waals surface area contributed by atoms with Gasteiger partial charge in [-0.25, -0.2) is 4.98 Å². The van der Waals surface area contributed by atoms with Crippen molar-refractivity contribution >= 4 is 28.6 Å². The van der Waals surface area contributed by atoms with Crippen LogP contribution in [0.25, 0.3) is 0 Å². The number of carbonyl (C=O) groups excluding carboxylic acids is 1. The van der Waals surface area contributed by atoms with Crippen LogP contribution >= 0.6 is 22.7 Å². The lowest BCUT2D eigenvalue weighted by Gasteiger charge is -2.01. The van der Waals surface area contributed by atoms with Crippen LogP contribution in [0, 0.1) is 18.8 Å². The van der Waals surface area contributed by atoms with Gasteiger partial charge in [-0.1, -0.05) is 11.8 Å². The smallest absolute Gasteiger partial charge is 0.261 e. The molecule has 0 aliphatic heterocycles. The van der Waals surface area contributed by atoms with Crippen LogP contribution in [0.3, 0.4) is 0 Å². The minimum Gasteiger partial charge on any atom is -0.395 e. The van der Waals surface area contributed by atoms with Crippen molar-refractivity contribution in [3.05, 3.63) is 38.0 Å². The van der Waals surface area contributed by atoms with Crippen molar-refractivity contribution in [3.63, 3.8) is 0 Å². The van der Waals surface area contributed by atoms with Crippen molar-refractivity contribution < 1.29 is 9.90 Å². The maximum Gasteiger partial charge on any atom is 0.261 e. The van der Waals surface area contributed by atoms with Crippen LogP contribution in [-0.4, -0.2) is 29.1 Å². The second-order valence-electron chi connectivity index (χ2n) is 4.33. The van der Waals surface area contributed by atoms with E-state index in [0.717, 1.165) is 21.9 Å². The second kappa shape index (κ2) is 7.93. The van der Waals surface area contributed by atoms with Crippen molar-refractivity contribution in [2.24, 2.45) is 0 Å². The Balaban J connectivity index is 1.90. The average molecular weight is 320 g/mol. The number of amides is 1. The molecule has 0 aliphatic rings. The number of nitrogens with zero attached hydrogens (tertiary/aromatic N) is 1. The second-order valence-corrected chi connectivity index (χ2v) is 6.36. The van der Waals surface area contributed by atoms with Gasteiger partial charge < -0.3 is 10.4 Å². The number of thiazole rings is 1. The highest BCUT2D eigenvalue weighted by Gasteiger charge is 2.11. The maximum absolute atomic E-state index is 12.1. The highest BCUT2D eigenvalue weighted by Crippen LogP contribution is 2.20. The van der Waals surface area contributed by atoms with Crippen molar-refractivity contribution in [1.29, 1.82) is 0 Å². The summed E-state index contributed by atoms with van der Waals surface area (Å²) in [7, 11) is 0. The number of hydrogen-bond donors (Lipinski definition) is 2. The van der Waals surface area contributed by atoms with Gasteiger partial charge in [-0.15, -0.1) is 22.7 Å². The molecule has 0 spiro atoms. The van der Waals surface area contributed by atoms with E-state index in [1.807, 2.05) is 18.4 Å². The molecule has 0 saturated carbocycles.